The second kappa shape index (κ2) is 11.4. The summed E-state index contributed by atoms with van der Waals surface area (Å²) in [5, 5.41) is 0. The number of rotatable bonds is 8. The highest BCUT2D eigenvalue weighted by Gasteiger charge is 2.25. The zero-order valence-corrected chi connectivity index (χ0v) is 20.6. The fraction of sp³-hybridized carbons (Fsp3) is 0.160. The van der Waals surface area contributed by atoms with Gasteiger partial charge >= 0.3 is 5.97 Å². The molecule has 3 N–H and O–H groups in total. The van der Waals surface area contributed by atoms with Gasteiger partial charge in [0.1, 0.15) is 10.6 Å². The van der Waals surface area contributed by atoms with E-state index in [1.54, 1.807) is 54.6 Å². The van der Waals surface area contributed by atoms with Crippen molar-refractivity contribution in [3.8, 4) is 5.75 Å². The molecule has 3 rings (SSSR count). The number of amides is 2. The third-order valence-corrected chi connectivity index (χ3v) is 6.38. The predicted octanol–water partition coefficient (Wildman–Crippen LogP) is 2.81. The molecule has 2 amide bonds. The summed E-state index contributed by atoms with van der Waals surface area (Å²) >= 11 is 0. The Morgan fingerprint density at radius 1 is 0.861 bits per heavy atom. The number of hydrogen-bond acceptors (Lipinski definition) is 7. The lowest BCUT2D eigenvalue weighted by molar-refractivity contribution is -0.129. The molecular weight excluding hydrogens is 486 g/mol. The van der Waals surface area contributed by atoms with E-state index in [9.17, 15) is 22.8 Å². The summed E-state index contributed by atoms with van der Waals surface area (Å²) in [6, 6.07) is 18.6. The average molecular weight is 512 g/mol. The molecule has 0 aromatic heterocycles. The van der Waals surface area contributed by atoms with Crippen LogP contribution in [0.25, 0.3) is 0 Å². The minimum Gasteiger partial charge on any atom is -0.495 e. The lowest BCUT2D eigenvalue weighted by Crippen LogP contribution is -2.46. The highest BCUT2D eigenvalue weighted by Crippen LogP contribution is 2.27. The molecule has 0 unspecified atom stereocenters. The molecule has 0 fully saturated rings. The molecule has 0 spiro atoms. The van der Waals surface area contributed by atoms with Crippen LogP contribution in [0.15, 0.2) is 77.7 Å². The predicted molar refractivity (Wildman–Crippen MR) is 132 cm³/mol. The summed E-state index contributed by atoms with van der Waals surface area (Å²) in [5.74, 6) is -2.26. The topological polar surface area (TPSA) is 140 Å². The quantitative estimate of drug-likeness (QED) is 0.312. The second-order valence-corrected chi connectivity index (χ2v) is 9.34. The van der Waals surface area contributed by atoms with Gasteiger partial charge in [0.15, 0.2) is 6.10 Å². The Morgan fingerprint density at radius 2 is 1.53 bits per heavy atom. The largest absolute Gasteiger partial charge is 0.495 e. The van der Waals surface area contributed by atoms with Crippen molar-refractivity contribution in [1.29, 1.82) is 0 Å². The molecule has 0 aliphatic rings. The van der Waals surface area contributed by atoms with Gasteiger partial charge in [0, 0.05) is 11.3 Å². The van der Waals surface area contributed by atoms with Crippen molar-refractivity contribution in [2.24, 2.45) is 0 Å². The number of anilines is 1. The first-order valence-corrected chi connectivity index (χ1v) is 12.2. The van der Waals surface area contributed by atoms with Crippen LogP contribution in [0.2, 0.25) is 0 Å². The van der Waals surface area contributed by atoms with Crippen LogP contribution in [-0.4, -0.2) is 39.4 Å². The third kappa shape index (κ3) is 6.60. The molecule has 36 heavy (non-hydrogen) atoms. The minimum atomic E-state index is -4.12. The zero-order valence-electron chi connectivity index (χ0n) is 19.8. The number of ether oxygens (including phenoxy) is 2. The number of sulfonamides is 1. The summed E-state index contributed by atoms with van der Waals surface area (Å²) in [6.45, 7) is 3.18. The highest BCUT2D eigenvalue weighted by atomic mass is 32.2. The first-order chi connectivity index (χ1) is 17.1. The van der Waals surface area contributed by atoms with Gasteiger partial charge in [-0.15, -0.1) is 0 Å². The Morgan fingerprint density at radius 3 is 2.17 bits per heavy atom. The molecule has 1 atom stereocenters. The number of esters is 1. The molecule has 0 aliphatic heterocycles. The maximum Gasteiger partial charge on any atom is 0.338 e. The van der Waals surface area contributed by atoms with Crippen LogP contribution >= 0.6 is 0 Å². The summed E-state index contributed by atoms with van der Waals surface area (Å²) < 4.78 is 38.7. The van der Waals surface area contributed by atoms with Crippen molar-refractivity contribution in [3.63, 3.8) is 0 Å². The van der Waals surface area contributed by atoms with Gasteiger partial charge in [0.25, 0.3) is 21.8 Å². The van der Waals surface area contributed by atoms with E-state index in [0.717, 1.165) is 11.6 Å². The van der Waals surface area contributed by atoms with E-state index in [1.807, 2.05) is 6.92 Å². The third-order valence-electron chi connectivity index (χ3n) is 4.98. The van der Waals surface area contributed by atoms with Crippen LogP contribution < -0.4 is 20.3 Å². The molecule has 188 valence electrons. The van der Waals surface area contributed by atoms with Gasteiger partial charge < -0.3 is 9.47 Å². The van der Waals surface area contributed by atoms with Crippen molar-refractivity contribution >= 4 is 33.5 Å². The smallest absolute Gasteiger partial charge is 0.338 e. The summed E-state index contributed by atoms with van der Waals surface area (Å²) in [7, 11) is -2.82. The number of methoxy groups -OCH3 is 1. The van der Waals surface area contributed by atoms with Crippen LogP contribution in [0.5, 0.6) is 5.75 Å². The van der Waals surface area contributed by atoms with Crippen molar-refractivity contribution in [2.75, 3.05) is 11.8 Å². The van der Waals surface area contributed by atoms with Crippen molar-refractivity contribution < 1.29 is 32.3 Å². The number of aryl methyl sites for hydroxylation is 1. The van der Waals surface area contributed by atoms with Crippen LogP contribution in [0.4, 0.5) is 5.69 Å². The highest BCUT2D eigenvalue weighted by molar-refractivity contribution is 7.92. The Kier molecular flexibility index (Phi) is 8.28. The van der Waals surface area contributed by atoms with Crippen molar-refractivity contribution in [3.05, 3.63) is 89.5 Å². The summed E-state index contributed by atoms with van der Waals surface area (Å²) in [4.78, 5) is 36.7. The summed E-state index contributed by atoms with van der Waals surface area (Å²) in [5.41, 5.74) is 5.91. The van der Waals surface area contributed by atoms with Crippen LogP contribution in [0, 0.1) is 6.92 Å². The minimum absolute atomic E-state index is 0.0144. The Bertz CT molecular complexity index is 1360. The van der Waals surface area contributed by atoms with Crippen LogP contribution in [0.1, 0.15) is 33.2 Å². The van der Waals surface area contributed by atoms with Gasteiger partial charge in [-0.3, -0.25) is 25.2 Å². The molecule has 0 aliphatic carbocycles. The molecule has 0 saturated heterocycles. The van der Waals surface area contributed by atoms with Crippen molar-refractivity contribution in [2.45, 2.75) is 24.8 Å². The monoisotopic (exact) mass is 511 g/mol. The lowest BCUT2D eigenvalue weighted by Gasteiger charge is -2.16. The molecule has 0 radical (unpaired) electrons. The first kappa shape index (κ1) is 26.2. The number of nitrogens with one attached hydrogen (secondary N) is 3. The Hall–Kier alpha value is -4.38. The van der Waals surface area contributed by atoms with E-state index in [-0.39, 0.29) is 16.2 Å². The Labute approximate surface area is 208 Å². The molecule has 10 nitrogen and oxygen atoms in total. The van der Waals surface area contributed by atoms with E-state index in [4.69, 9.17) is 9.47 Å². The van der Waals surface area contributed by atoms with E-state index < -0.39 is 33.9 Å². The van der Waals surface area contributed by atoms with Gasteiger partial charge in [-0.2, -0.15) is 0 Å². The Balaban J connectivity index is 1.69. The van der Waals surface area contributed by atoms with E-state index in [2.05, 4.69) is 15.6 Å². The molecule has 0 saturated carbocycles. The fourth-order valence-electron chi connectivity index (χ4n) is 3.01. The van der Waals surface area contributed by atoms with E-state index >= 15 is 0 Å². The molecule has 0 bridgehead atoms. The standard InChI is InChI=1S/C25H25N3O7S/c1-16-9-12-20(13-10-16)28-36(32,33)22-15-19(11-14-21(22)34-3)25(31)35-17(2)23(29)26-27-24(30)18-7-5-4-6-8-18/h4-15,17,28H,1-3H3,(H,26,29)(H,27,30)/t17-/m1/s1. The van der Waals surface area contributed by atoms with Crippen LogP contribution in [-0.2, 0) is 19.6 Å². The van der Waals surface area contributed by atoms with Crippen LogP contribution in [0.3, 0.4) is 0 Å². The lowest BCUT2D eigenvalue weighted by atomic mass is 10.2. The maximum atomic E-state index is 13.0. The number of carbonyl (C=O) groups is 3. The fourth-order valence-corrected chi connectivity index (χ4v) is 4.26. The number of hydrazine groups is 1. The van der Waals surface area contributed by atoms with Gasteiger partial charge in [-0.1, -0.05) is 35.9 Å². The molecule has 3 aromatic carbocycles. The molecule has 0 heterocycles. The van der Waals surface area contributed by atoms with E-state index in [0.29, 0.717) is 11.3 Å². The summed E-state index contributed by atoms with van der Waals surface area (Å²) in [6.07, 6.45) is -1.29. The SMILES string of the molecule is COc1ccc(C(=O)O[C@H](C)C(=O)NNC(=O)c2ccccc2)cc1S(=O)(=O)Nc1ccc(C)cc1. The first-order valence-electron chi connectivity index (χ1n) is 10.7. The number of benzene rings is 3. The van der Waals surface area contributed by atoms with E-state index in [1.165, 1.54) is 26.2 Å². The molecule has 11 heteroatoms. The normalized spacial score (nSPS) is 11.6. The number of carbonyl (C=O) groups excluding carboxylic acids is 3. The second-order valence-electron chi connectivity index (χ2n) is 7.69. The molecular formula is C25H25N3O7S. The zero-order chi connectivity index (χ0) is 26.3. The average Bonchev–Trinajstić information content (AvgIpc) is 2.88. The van der Waals surface area contributed by atoms with Crippen molar-refractivity contribution in [1.82, 2.24) is 10.9 Å². The maximum absolute atomic E-state index is 13.0. The van der Waals surface area contributed by atoms with Gasteiger partial charge in [-0.05, 0) is 56.3 Å². The van der Waals surface area contributed by atoms with Gasteiger partial charge in [0.2, 0.25) is 0 Å². The van der Waals surface area contributed by atoms with Gasteiger partial charge in [-0.25, -0.2) is 13.2 Å². The molecule has 3 aromatic rings. The van der Waals surface area contributed by atoms with Gasteiger partial charge in [0.05, 0.1) is 12.7 Å². The number of hydrogen-bond donors (Lipinski definition) is 3.